The highest BCUT2D eigenvalue weighted by atomic mass is 16.5. The molecule has 2 N–H and O–H groups in total. The van der Waals surface area contributed by atoms with Gasteiger partial charge in [0.1, 0.15) is 22.7 Å². The van der Waals surface area contributed by atoms with Crippen molar-refractivity contribution in [3.8, 4) is 11.4 Å². The van der Waals surface area contributed by atoms with E-state index in [1.165, 1.54) is 0 Å². The predicted molar refractivity (Wildman–Crippen MR) is 106 cm³/mol. The summed E-state index contributed by atoms with van der Waals surface area (Å²) in [5.74, 6) is 0.959. The third-order valence-corrected chi connectivity index (χ3v) is 6.21. The average molecular weight is 382 g/mol. The summed E-state index contributed by atoms with van der Waals surface area (Å²) in [6.07, 6.45) is 2.43. The molecule has 5 heterocycles. The number of aliphatic hydroxyl groups is 1. The minimum atomic E-state index is -0.898. The Morgan fingerprint density at radius 3 is 2.93 bits per heavy atom. The van der Waals surface area contributed by atoms with E-state index in [0.29, 0.717) is 26.2 Å². The number of ether oxygens (including phenoxy) is 1. The number of nitrogens with zero attached hydrogens (tertiary/aromatic N) is 5. The van der Waals surface area contributed by atoms with Crippen LogP contribution in [0.25, 0.3) is 22.4 Å². The molecule has 0 radical (unpaired) electrons. The zero-order valence-electron chi connectivity index (χ0n) is 16.5. The number of hydrogen-bond acceptors (Lipinski definition) is 6. The van der Waals surface area contributed by atoms with Crippen molar-refractivity contribution in [2.75, 3.05) is 24.7 Å². The van der Waals surface area contributed by atoms with E-state index in [-0.39, 0.29) is 12.0 Å². The van der Waals surface area contributed by atoms with Crippen LogP contribution in [0.15, 0.2) is 18.3 Å². The predicted octanol–water partition coefficient (Wildman–Crippen LogP) is 2.29. The normalized spacial score (nSPS) is 25.0. The van der Waals surface area contributed by atoms with Crippen LogP contribution in [-0.2, 0) is 16.9 Å². The molecular weight excluding hydrogens is 356 g/mol. The minimum Gasteiger partial charge on any atom is -0.385 e. The summed E-state index contributed by atoms with van der Waals surface area (Å²) in [5, 5.41) is 23.6. The number of anilines is 1. The first-order valence-electron chi connectivity index (χ1n) is 9.98. The monoisotopic (exact) mass is 382 g/mol. The number of morpholine rings is 1. The Hall–Kier alpha value is -2.45. The van der Waals surface area contributed by atoms with Crippen LogP contribution in [0.3, 0.4) is 0 Å². The standard InChI is InChI=1S/C20H26N6O2/c1-12(2)20(27)5-7-26-19-14(20)10-16(25-8-9-28-11-13(25)3)22-18(19)17(24-26)15-4-6-21-23-15/h4,6,10,12-13,27H,5,7-9,11H2,1-3H3,(H,21,23)/t13-,20?/m1/s1. The molecule has 0 saturated carbocycles. The van der Waals surface area contributed by atoms with E-state index >= 15 is 0 Å². The lowest BCUT2D eigenvalue weighted by atomic mass is 9.78. The molecule has 0 amide bonds. The molecule has 2 atom stereocenters. The van der Waals surface area contributed by atoms with Crippen molar-refractivity contribution in [3.63, 3.8) is 0 Å². The number of rotatable bonds is 3. The molecule has 0 bridgehead atoms. The van der Waals surface area contributed by atoms with Crippen molar-refractivity contribution in [1.29, 1.82) is 0 Å². The molecule has 8 heteroatoms. The van der Waals surface area contributed by atoms with Crippen LogP contribution in [0.5, 0.6) is 0 Å². The fourth-order valence-electron chi connectivity index (χ4n) is 4.45. The molecule has 2 aliphatic heterocycles. The zero-order valence-corrected chi connectivity index (χ0v) is 16.5. The molecule has 1 fully saturated rings. The maximum absolute atomic E-state index is 11.6. The summed E-state index contributed by atoms with van der Waals surface area (Å²) in [6, 6.07) is 4.20. The summed E-state index contributed by atoms with van der Waals surface area (Å²) in [4.78, 5) is 7.28. The molecule has 0 spiro atoms. The topological polar surface area (TPSA) is 92.1 Å². The zero-order chi connectivity index (χ0) is 19.5. The number of pyridine rings is 1. The highest BCUT2D eigenvalue weighted by molar-refractivity contribution is 5.93. The molecule has 148 valence electrons. The van der Waals surface area contributed by atoms with Crippen LogP contribution in [-0.4, -0.2) is 55.9 Å². The third kappa shape index (κ3) is 2.48. The number of aromatic nitrogens is 5. The van der Waals surface area contributed by atoms with Crippen molar-refractivity contribution < 1.29 is 9.84 Å². The van der Waals surface area contributed by atoms with Gasteiger partial charge in [0.15, 0.2) is 0 Å². The van der Waals surface area contributed by atoms with Gasteiger partial charge < -0.3 is 14.7 Å². The van der Waals surface area contributed by atoms with E-state index in [9.17, 15) is 5.11 Å². The van der Waals surface area contributed by atoms with Gasteiger partial charge in [-0.15, -0.1) is 0 Å². The minimum absolute atomic E-state index is 0.0885. The Morgan fingerprint density at radius 2 is 2.21 bits per heavy atom. The van der Waals surface area contributed by atoms with Crippen LogP contribution in [0.2, 0.25) is 0 Å². The Labute approximate surface area is 163 Å². The number of H-pyrrole nitrogens is 1. The van der Waals surface area contributed by atoms with Gasteiger partial charge in [0, 0.05) is 31.3 Å². The molecule has 1 unspecified atom stereocenters. The van der Waals surface area contributed by atoms with E-state index in [2.05, 4.69) is 41.9 Å². The van der Waals surface area contributed by atoms with Crippen LogP contribution in [0, 0.1) is 5.92 Å². The van der Waals surface area contributed by atoms with Gasteiger partial charge in [-0.05, 0) is 25.0 Å². The van der Waals surface area contributed by atoms with Gasteiger partial charge in [-0.1, -0.05) is 13.8 Å². The SMILES string of the molecule is CC(C)C1(O)CCn2nc(-c3cc[nH]n3)c3nc(N4CCOC[C@H]4C)cc1c32. The highest BCUT2D eigenvalue weighted by Gasteiger charge is 2.41. The number of nitrogens with one attached hydrogen (secondary N) is 1. The van der Waals surface area contributed by atoms with Gasteiger partial charge in [0.25, 0.3) is 0 Å². The van der Waals surface area contributed by atoms with Crippen molar-refractivity contribution in [2.45, 2.75) is 45.4 Å². The van der Waals surface area contributed by atoms with Crippen LogP contribution < -0.4 is 4.90 Å². The van der Waals surface area contributed by atoms with Crippen molar-refractivity contribution in [3.05, 3.63) is 23.9 Å². The number of aromatic amines is 1. The first-order chi connectivity index (χ1) is 13.5. The molecule has 0 aliphatic carbocycles. The molecule has 0 aromatic carbocycles. The van der Waals surface area contributed by atoms with Gasteiger partial charge in [0.05, 0.1) is 30.4 Å². The molecular formula is C20H26N6O2. The summed E-state index contributed by atoms with van der Waals surface area (Å²) < 4.78 is 7.58. The van der Waals surface area contributed by atoms with E-state index in [1.54, 1.807) is 6.20 Å². The maximum Gasteiger partial charge on any atom is 0.139 e. The molecule has 3 aromatic rings. The Balaban J connectivity index is 1.79. The molecule has 2 aliphatic rings. The van der Waals surface area contributed by atoms with E-state index in [0.717, 1.165) is 40.3 Å². The van der Waals surface area contributed by atoms with Gasteiger partial charge in [-0.25, -0.2) is 4.98 Å². The van der Waals surface area contributed by atoms with Crippen LogP contribution in [0.1, 0.15) is 32.8 Å². The number of hydrogen-bond donors (Lipinski definition) is 2. The molecule has 8 nitrogen and oxygen atoms in total. The second-order valence-electron chi connectivity index (χ2n) is 8.20. The number of aryl methyl sites for hydroxylation is 1. The smallest absolute Gasteiger partial charge is 0.139 e. The van der Waals surface area contributed by atoms with Gasteiger partial charge in [-0.3, -0.25) is 9.78 Å². The Bertz CT molecular complexity index is 1010. The Morgan fingerprint density at radius 1 is 1.36 bits per heavy atom. The van der Waals surface area contributed by atoms with Gasteiger partial charge in [0.2, 0.25) is 0 Å². The molecule has 5 rings (SSSR count). The van der Waals surface area contributed by atoms with Gasteiger partial charge in [-0.2, -0.15) is 10.2 Å². The highest BCUT2D eigenvalue weighted by Crippen LogP contribution is 2.44. The molecule has 3 aromatic heterocycles. The first kappa shape index (κ1) is 17.6. The first-order valence-corrected chi connectivity index (χ1v) is 9.98. The second kappa shape index (κ2) is 6.28. The molecule has 1 saturated heterocycles. The average Bonchev–Trinajstić information content (AvgIpc) is 3.33. The largest absolute Gasteiger partial charge is 0.385 e. The van der Waals surface area contributed by atoms with E-state index < -0.39 is 5.60 Å². The Kier molecular flexibility index (Phi) is 3.96. The summed E-state index contributed by atoms with van der Waals surface area (Å²) >= 11 is 0. The lowest BCUT2D eigenvalue weighted by Crippen LogP contribution is -2.44. The van der Waals surface area contributed by atoms with Crippen molar-refractivity contribution in [2.24, 2.45) is 5.92 Å². The fourth-order valence-corrected chi connectivity index (χ4v) is 4.45. The van der Waals surface area contributed by atoms with Crippen molar-refractivity contribution >= 4 is 16.9 Å². The summed E-state index contributed by atoms with van der Waals surface area (Å²) in [5.41, 5.74) is 3.27. The van der Waals surface area contributed by atoms with E-state index in [1.807, 2.05) is 10.7 Å². The lowest BCUT2D eigenvalue weighted by molar-refractivity contribution is -0.0259. The van der Waals surface area contributed by atoms with Crippen LogP contribution >= 0.6 is 0 Å². The van der Waals surface area contributed by atoms with Crippen LogP contribution in [0.4, 0.5) is 5.82 Å². The van der Waals surface area contributed by atoms with E-state index in [4.69, 9.17) is 14.8 Å². The third-order valence-electron chi connectivity index (χ3n) is 6.21. The quantitative estimate of drug-likeness (QED) is 0.722. The maximum atomic E-state index is 11.6. The summed E-state index contributed by atoms with van der Waals surface area (Å²) in [6.45, 7) is 9.09. The summed E-state index contributed by atoms with van der Waals surface area (Å²) in [7, 11) is 0. The second-order valence-corrected chi connectivity index (χ2v) is 8.20. The lowest BCUT2D eigenvalue weighted by Gasteiger charge is -2.39. The van der Waals surface area contributed by atoms with Crippen molar-refractivity contribution in [1.82, 2.24) is 25.0 Å². The van der Waals surface area contributed by atoms with Gasteiger partial charge >= 0.3 is 0 Å². The molecule has 28 heavy (non-hydrogen) atoms. The fraction of sp³-hybridized carbons (Fsp3) is 0.550.